The molecule has 1 unspecified atom stereocenters. The van der Waals surface area contributed by atoms with Crippen LogP contribution in [-0.2, 0) is 16.0 Å². The number of carboxylic acids is 1. The molecule has 0 saturated carbocycles. The molecule has 11 nitrogen and oxygen atoms in total. The van der Waals surface area contributed by atoms with E-state index in [0.29, 0.717) is 44.1 Å². The van der Waals surface area contributed by atoms with E-state index in [9.17, 15) is 14.4 Å². The normalized spacial score (nSPS) is 14.7. The number of fused-ring (bicyclic) bond motifs is 1. The molecule has 1 aliphatic rings. The lowest BCUT2D eigenvalue weighted by Gasteiger charge is -2.35. The highest BCUT2D eigenvalue weighted by Gasteiger charge is 2.36. The van der Waals surface area contributed by atoms with E-state index in [4.69, 9.17) is 16.7 Å². The lowest BCUT2D eigenvalue weighted by atomic mass is 9.95. The van der Waals surface area contributed by atoms with Crippen molar-refractivity contribution in [2.75, 3.05) is 11.9 Å². The van der Waals surface area contributed by atoms with Crippen molar-refractivity contribution >= 4 is 57.1 Å². The van der Waals surface area contributed by atoms with Crippen molar-refractivity contribution in [1.82, 2.24) is 30.1 Å². The molecule has 0 spiro atoms. The number of carbonyl (C=O) groups is 3. The van der Waals surface area contributed by atoms with E-state index in [1.54, 1.807) is 36.5 Å². The highest BCUT2D eigenvalue weighted by molar-refractivity contribution is 9.10. The lowest BCUT2D eigenvalue weighted by Crippen LogP contribution is -2.45. The number of nitrogens with zero attached hydrogens (tertiary/aromatic N) is 6. The van der Waals surface area contributed by atoms with Crippen molar-refractivity contribution in [2.45, 2.75) is 12.5 Å². The van der Waals surface area contributed by atoms with Gasteiger partial charge in [0.05, 0.1) is 11.3 Å². The number of pyridine rings is 1. The third-order valence-electron chi connectivity index (χ3n) is 6.09. The van der Waals surface area contributed by atoms with E-state index < -0.39 is 23.8 Å². The summed E-state index contributed by atoms with van der Waals surface area (Å²) in [4.78, 5) is 44.2. The summed E-state index contributed by atoms with van der Waals surface area (Å²) in [6.07, 6.45) is 6.51. The topological polar surface area (TPSA) is 143 Å². The first kappa shape index (κ1) is 26.2. The third-order valence-corrected chi connectivity index (χ3v) is 6.76. The molecule has 39 heavy (non-hydrogen) atoms. The van der Waals surface area contributed by atoms with E-state index in [-0.39, 0.29) is 12.1 Å². The molecule has 4 aromatic rings. The second-order valence-electron chi connectivity index (χ2n) is 8.54. The monoisotopic (exact) mass is 607 g/mol. The van der Waals surface area contributed by atoms with Crippen LogP contribution in [-0.4, -0.2) is 59.5 Å². The molecule has 0 fully saturated rings. The fourth-order valence-corrected chi connectivity index (χ4v) is 4.80. The van der Waals surface area contributed by atoms with Crippen LogP contribution in [0.15, 0.2) is 71.6 Å². The standard InChI is InChI=1S/C26H19BrClN7O4/c27-17-12-20-21(29-13-17)9-10-34(24(20)25(37)31-19-5-1-15(2-6-19)26(38)39)23(36)8-3-16-11-18(28)4-7-22(16)35-14-30-32-33-35/h1-8,11-14,24H,9-10H2,(H,31,37)(H,38,39). The Labute approximate surface area is 235 Å². The van der Waals surface area contributed by atoms with E-state index in [1.807, 2.05) is 0 Å². The number of carboxylic acid groups (broad SMARTS) is 1. The number of hydrogen-bond acceptors (Lipinski definition) is 7. The third kappa shape index (κ3) is 5.71. The summed E-state index contributed by atoms with van der Waals surface area (Å²) in [6, 6.07) is 11.7. The van der Waals surface area contributed by atoms with Crippen molar-refractivity contribution in [2.24, 2.45) is 0 Å². The predicted molar refractivity (Wildman–Crippen MR) is 145 cm³/mol. The Hall–Kier alpha value is -4.42. The summed E-state index contributed by atoms with van der Waals surface area (Å²) in [5, 5.41) is 23.6. The van der Waals surface area contributed by atoms with Crippen LogP contribution in [0.1, 0.15) is 33.2 Å². The Kier molecular flexibility index (Phi) is 7.48. The highest BCUT2D eigenvalue weighted by atomic mass is 79.9. The summed E-state index contributed by atoms with van der Waals surface area (Å²) in [7, 11) is 0. The molecule has 2 aromatic carbocycles. The second-order valence-corrected chi connectivity index (χ2v) is 9.89. The van der Waals surface area contributed by atoms with Gasteiger partial charge in [0.2, 0.25) is 5.91 Å². The average molecular weight is 609 g/mol. The molecule has 196 valence electrons. The molecule has 2 N–H and O–H groups in total. The quantitative estimate of drug-likeness (QED) is 0.313. The fourth-order valence-electron chi connectivity index (χ4n) is 4.28. The number of nitrogens with one attached hydrogen (secondary N) is 1. The number of hydrogen-bond donors (Lipinski definition) is 2. The number of halogens is 2. The molecule has 3 heterocycles. The molecule has 0 saturated heterocycles. The number of carbonyl (C=O) groups excluding carboxylic acids is 2. The van der Waals surface area contributed by atoms with Crippen LogP contribution < -0.4 is 5.32 Å². The molecular weight excluding hydrogens is 590 g/mol. The van der Waals surface area contributed by atoms with E-state index in [0.717, 1.165) is 0 Å². The first-order valence-corrected chi connectivity index (χ1v) is 12.8. The van der Waals surface area contributed by atoms with E-state index in [2.05, 4.69) is 41.8 Å². The van der Waals surface area contributed by atoms with Gasteiger partial charge in [-0.05, 0) is 81.0 Å². The van der Waals surface area contributed by atoms with Crippen molar-refractivity contribution in [3.8, 4) is 5.69 Å². The van der Waals surface area contributed by atoms with Crippen molar-refractivity contribution in [1.29, 1.82) is 0 Å². The van der Waals surface area contributed by atoms with Crippen LogP contribution in [0.4, 0.5) is 5.69 Å². The van der Waals surface area contributed by atoms with Crippen molar-refractivity contribution in [3.05, 3.63) is 99.0 Å². The Morgan fingerprint density at radius 3 is 2.64 bits per heavy atom. The van der Waals surface area contributed by atoms with E-state index >= 15 is 0 Å². The molecule has 2 aromatic heterocycles. The number of amides is 2. The summed E-state index contributed by atoms with van der Waals surface area (Å²) < 4.78 is 2.12. The molecule has 0 bridgehead atoms. The largest absolute Gasteiger partial charge is 0.478 e. The predicted octanol–water partition coefficient (Wildman–Crippen LogP) is 3.95. The maximum Gasteiger partial charge on any atom is 0.335 e. The van der Waals surface area contributed by atoms with Gasteiger partial charge in [-0.25, -0.2) is 4.79 Å². The number of benzene rings is 2. The highest BCUT2D eigenvalue weighted by Crippen LogP contribution is 2.32. The van der Waals surface area contributed by atoms with Crippen LogP contribution in [0.5, 0.6) is 0 Å². The number of anilines is 1. The van der Waals surface area contributed by atoms with Gasteiger partial charge in [0.15, 0.2) is 0 Å². The van der Waals surface area contributed by atoms with Gasteiger partial charge >= 0.3 is 5.97 Å². The zero-order valence-corrected chi connectivity index (χ0v) is 22.4. The van der Waals surface area contributed by atoms with Crippen molar-refractivity contribution in [3.63, 3.8) is 0 Å². The second kappa shape index (κ2) is 11.1. The number of tetrazole rings is 1. The molecule has 0 aliphatic carbocycles. The van der Waals surface area contributed by atoms with Crippen LogP contribution in [0, 0.1) is 0 Å². The minimum absolute atomic E-state index is 0.0909. The van der Waals surface area contributed by atoms with Crippen LogP contribution >= 0.6 is 27.5 Å². The van der Waals surface area contributed by atoms with Gasteiger partial charge in [0, 0.05) is 57.2 Å². The Bertz CT molecular complexity index is 1590. The van der Waals surface area contributed by atoms with Crippen molar-refractivity contribution < 1.29 is 19.5 Å². The maximum atomic E-state index is 13.6. The Morgan fingerprint density at radius 1 is 1.13 bits per heavy atom. The van der Waals surface area contributed by atoms with E-state index in [1.165, 1.54) is 46.3 Å². The van der Waals surface area contributed by atoms with Gasteiger partial charge in [-0.15, -0.1) is 5.10 Å². The summed E-state index contributed by atoms with van der Waals surface area (Å²) in [5.41, 5.74) is 3.01. The zero-order valence-electron chi connectivity index (χ0n) is 20.0. The van der Waals surface area contributed by atoms with Crippen LogP contribution in [0.2, 0.25) is 5.02 Å². The molecule has 5 rings (SSSR count). The van der Waals surface area contributed by atoms with Crippen LogP contribution in [0.3, 0.4) is 0 Å². The van der Waals surface area contributed by atoms with Gasteiger partial charge in [-0.2, -0.15) is 4.68 Å². The van der Waals surface area contributed by atoms with Crippen LogP contribution in [0.25, 0.3) is 11.8 Å². The molecule has 0 radical (unpaired) electrons. The van der Waals surface area contributed by atoms with Gasteiger partial charge in [0.25, 0.3) is 5.91 Å². The zero-order chi connectivity index (χ0) is 27.5. The fraction of sp³-hybridized carbons (Fsp3) is 0.115. The number of rotatable bonds is 6. The lowest BCUT2D eigenvalue weighted by molar-refractivity contribution is -0.135. The van der Waals surface area contributed by atoms with Gasteiger partial charge < -0.3 is 15.3 Å². The summed E-state index contributed by atoms with van der Waals surface area (Å²) in [6.45, 7) is 0.260. The molecular formula is C26H19BrClN7O4. The molecule has 13 heteroatoms. The summed E-state index contributed by atoms with van der Waals surface area (Å²) >= 11 is 9.60. The van der Waals surface area contributed by atoms with Gasteiger partial charge in [0.1, 0.15) is 12.4 Å². The Balaban J connectivity index is 1.45. The average Bonchev–Trinajstić information content (AvgIpc) is 3.46. The first-order chi connectivity index (χ1) is 18.8. The minimum atomic E-state index is -1.07. The maximum absolute atomic E-state index is 13.6. The number of aromatic carboxylic acids is 1. The van der Waals surface area contributed by atoms with Gasteiger partial charge in [-0.1, -0.05) is 11.6 Å². The molecule has 2 amide bonds. The molecule has 1 aliphatic heterocycles. The number of aromatic nitrogens is 5. The Morgan fingerprint density at radius 2 is 1.92 bits per heavy atom. The minimum Gasteiger partial charge on any atom is -0.478 e. The summed E-state index contributed by atoms with van der Waals surface area (Å²) in [5.74, 6) is -1.93. The smallest absolute Gasteiger partial charge is 0.335 e. The SMILES string of the molecule is O=C(O)c1ccc(NC(=O)C2c3cc(Br)cnc3CCN2C(=O)C=Cc2cc(Cl)ccc2-n2cnnn2)cc1. The first-order valence-electron chi connectivity index (χ1n) is 11.6. The molecule has 1 atom stereocenters. The van der Waals surface area contributed by atoms with Gasteiger partial charge in [-0.3, -0.25) is 14.6 Å².